The highest BCUT2D eigenvalue weighted by molar-refractivity contribution is 7.90. The summed E-state index contributed by atoms with van der Waals surface area (Å²) in [4.78, 5) is 0. The molecule has 1 aromatic rings. The van der Waals surface area contributed by atoms with Gasteiger partial charge in [0.2, 0.25) is 0 Å². The Morgan fingerprint density at radius 2 is 1.88 bits per heavy atom. The van der Waals surface area contributed by atoms with Crippen LogP contribution in [0.5, 0.6) is 0 Å². The summed E-state index contributed by atoms with van der Waals surface area (Å²) in [5.74, 6) is 0. The maximum Gasteiger partial charge on any atom is 0.304 e. The largest absolute Gasteiger partial charge is 0.395 e. The van der Waals surface area contributed by atoms with Crippen LogP contribution in [0.2, 0.25) is 0 Å². The van der Waals surface area contributed by atoms with E-state index in [1.165, 1.54) is 8.61 Å². The van der Waals surface area contributed by atoms with E-state index >= 15 is 0 Å². The van der Waals surface area contributed by atoms with Gasteiger partial charge < -0.3 is 5.11 Å². The maximum absolute atomic E-state index is 12.2. The van der Waals surface area contributed by atoms with Crippen molar-refractivity contribution in [1.29, 1.82) is 0 Å². The van der Waals surface area contributed by atoms with Crippen molar-refractivity contribution in [3.05, 3.63) is 30.3 Å². The van der Waals surface area contributed by atoms with Crippen molar-refractivity contribution < 1.29 is 13.5 Å². The third-order valence-electron chi connectivity index (χ3n) is 2.77. The summed E-state index contributed by atoms with van der Waals surface area (Å²) in [6, 6.07) is 9.04. The van der Waals surface area contributed by atoms with Crippen molar-refractivity contribution in [3.63, 3.8) is 0 Å². The summed E-state index contributed by atoms with van der Waals surface area (Å²) in [7, 11) is -3.47. The normalized spacial score (nSPS) is 20.4. The molecule has 2 rings (SSSR count). The first-order valence-corrected chi connectivity index (χ1v) is 6.99. The van der Waals surface area contributed by atoms with Gasteiger partial charge in [-0.25, -0.2) is 0 Å². The second-order valence-electron chi connectivity index (χ2n) is 3.89. The summed E-state index contributed by atoms with van der Waals surface area (Å²) >= 11 is 0. The van der Waals surface area contributed by atoms with E-state index < -0.39 is 10.2 Å². The van der Waals surface area contributed by atoms with Crippen LogP contribution in [-0.4, -0.2) is 44.1 Å². The molecule has 1 aromatic carbocycles. The Bertz CT molecular complexity index is 459. The predicted molar refractivity (Wildman–Crippen MR) is 66.0 cm³/mol. The molecule has 1 heterocycles. The summed E-state index contributed by atoms with van der Waals surface area (Å²) in [6.07, 6.45) is 0.772. The van der Waals surface area contributed by atoms with Crippen LogP contribution in [0.3, 0.4) is 0 Å². The van der Waals surface area contributed by atoms with Crippen molar-refractivity contribution in [2.24, 2.45) is 0 Å². The minimum atomic E-state index is -3.47. The number of benzene rings is 1. The standard InChI is InChI=1S/C11H16N2O3S/c14-10-9-12-7-4-8-13(17(12,15)16)11-5-2-1-3-6-11/h1-3,5-6,14H,4,7-10H2. The summed E-state index contributed by atoms with van der Waals surface area (Å²) < 4.78 is 27.2. The third-order valence-corrected chi connectivity index (χ3v) is 4.74. The quantitative estimate of drug-likeness (QED) is 0.853. The molecule has 0 bridgehead atoms. The lowest BCUT2D eigenvalue weighted by molar-refractivity contribution is 0.249. The van der Waals surface area contributed by atoms with Gasteiger partial charge in [0.05, 0.1) is 12.3 Å². The molecule has 1 aliphatic rings. The molecule has 0 amide bonds. The number of hydrogen-bond donors (Lipinski definition) is 1. The molecular formula is C11H16N2O3S. The third kappa shape index (κ3) is 2.43. The lowest BCUT2D eigenvalue weighted by Crippen LogP contribution is -2.50. The van der Waals surface area contributed by atoms with Gasteiger partial charge in [0.1, 0.15) is 0 Å². The molecule has 1 saturated heterocycles. The minimum Gasteiger partial charge on any atom is -0.395 e. The van der Waals surface area contributed by atoms with Crippen LogP contribution in [0.4, 0.5) is 5.69 Å². The zero-order valence-electron chi connectivity index (χ0n) is 9.49. The number of nitrogens with zero attached hydrogens (tertiary/aromatic N) is 2. The van der Waals surface area contributed by atoms with Crippen LogP contribution >= 0.6 is 0 Å². The molecule has 0 unspecified atom stereocenters. The topological polar surface area (TPSA) is 60.9 Å². The van der Waals surface area contributed by atoms with Gasteiger partial charge in [-0.15, -0.1) is 0 Å². The van der Waals surface area contributed by atoms with Gasteiger partial charge >= 0.3 is 10.2 Å². The second-order valence-corrected chi connectivity index (χ2v) is 5.74. The van der Waals surface area contributed by atoms with Crippen LogP contribution in [0.1, 0.15) is 6.42 Å². The lowest BCUT2D eigenvalue weighted by atomic mass is 10.3. The van der Waals surface area contributed by atoms with E-state index in [2.05, 4.69) is 0 Å². The van der Waals surface area contributed by atoms with Crippen molar-refractivity contribution in [1.82, 2.24) is 4.31 Å². The highest BCUT2D eigenvalue weighted by atomic mass is 32.2. The average molecular weight is 256 g/mol. The molecule has 0 saturated carbocycles. The summed E-state index contributed by atoms with van der Waals surface area (Å²) in [5, 5.41) is 8.88. The SMILES string of the molecule is O=S1(=O)N(CCO)CCCN1c1ccccc1. The first kappa shape index (κ1) is 12.3. The van der Waals surface area contributed by atoms with E-state index in [0.29, 0.717) is 18.8 Å². The number of aliphatic hydroxyl groups is 1. The van der Waals surface area contributed by atoms with E-state index in [9.17, 15) is 8.42 Å². The first-order chi connectivity index (χ1) is 8.16. The monoisotopic (exact) mass is 256 g/mol. The number of aliphatic hydroxyl groups excluding tert-OH is 1. The number of hydrogen-bond acceptors (Lipinski definition) is 3. The number of para-hydroxylation sites is 1. The smallest absolute Gasteiger partial charge is 0.304 e. The van der Waals surface area contributed by atoms with Gasteiger partial charge in [0.25, 0.3) is 0 Å². The molecular weight excluding hydrogens is 240 g/mol. The number of β-amino-alcohol motifs (C(OH)–C–C–N with tert-alkyl or cyclic N) is 1. The lowest BCUT2D eigenvalue weighted by Gasteiger charge is -2.35. The highest BCUT2D eigenvalue weighted by Crippen LogP contribution is 2.23. The van der Waals surface area contributed by atoms with Crippen molar-refractivity contribution in [2.75, 3.05) is 30.5 Å². The Labute approximate surface area is 101 Å². The van der Waals surface area contributed by atoms with Gasteiger partial charge in [-0.3, -0.25) is 4.31 Å². The molecule has 0 aliphatic carbocycles. The van der Waals surface area contributed by atoms with Crippen molar-refractivity contribution in [2.45, 2.75) is 6.42 Å². The van der Waals surface area contributed by atoms with E-state index in [4.69, 9.17) is 5.11 Å². The van der Waals surface area contributed by atoms with Gasteiger partial charge in [-0.2, -0.15) is 12.7 Å². The summed E-state index contributed by atoms with van der Waals surface area (Å²) in [5.41, 5.74) is 0.676. The minimum absolute atomic E-state index is 0.151. The molecule has 94 valence electrons. The second kappa shape index (κ2) is 5.03. The fraction of sp³-hybridized carbons (Fsp3) is 0.455. The van der Waals surface area contributed by atoms with Gasteiger partial charge in [0, 0.05) is 19.6 Å². The maximum atomic E-state index is 12.2. The fourth-order valence-corrected chi connectivity index (χ4v) is 3.65. The number of rotatable bonds is 3. The van der Waals surface area contributed by atoms with E-state index in [1.807, 2.05) is 18.2 Å². The Morgan fingerprint density at radius 3 is 2.53 bits per heavy atom. The molecule has 1 aliphatic heterocycles. The predicted octanol–water partition coefficient (Wildman–Crippen LogP) is 0.436. The van der Waals surface area contributed by atoms with Crippen LogP contribution in [-0.2, 0) is 10.2 Å². The Morgan fingerprint density at radius 1 is 1.18 bits per heavy atom. The first-order valence-electron chi connectivity index (χ1n) is 5.60. The zero-order valence-corrected chi connectivity index (χ0v) is 10.3. The highest BCUT2D eigenvalue weighted by Gasteiger charge is 2.32. The van der Waals surface area contributed by atoms with E-state index in [-0.39, 0.29) is 13.2 Å². The zero-order chi connectivity index (χ0) is 12.3. The van der Waals surface area contributed by atoms with Gasteiger partial charge in [-0.1, -0.05) is 18.2 Å². The molecule has 1 N–H and O–H groups in total. The molecule has 6 heteroatoms. The Hall–Kier alpha value is -1.11. The van der Waals surface area contributed by atoms with E-state index in [1.54, 1.807) is 12.1 Å². The summed E-state index contributed by atoms with van der Waals surface area (Å²) in [6.45, 7) is 0.980. The average Bonchev–Trinajstić information content (AvgIpc) is 2.33. The molecule has 5 nitrogen and oxygen atoms in total. The van der Waals surface area contributed by atoms with Crippen molar-refractivity contribution in [3.8, 4) is 0 Å². The molecule has 1 fully saturated rings. The van der Waals surface area contributed by atoms with Gasteiger partial charge in [-0.05, 0) is 18.6 Å². The number of anilines is 1. The van der Waals surface area contributed by atoms with Gasteiger partial charge in [0.15, 0.2) is 0 Å². The molecule has 17 heavy (non-hydrogen) atoms. The molecule has 0 aromatic heterocycles. The van der Waals surface area contributed by atoms with Crippen molar-refractivity contribution >= 4 is 15.9 Å². The Kier molecular flexibility index (Phi) is 3.66. The van der Waals surface area contributed by atoms with E-state index in [0.717, 1.165) is 6.42 Å². The van der Waals surface area contributed by atoms with Crippen LogP contribution in [0.25, 0.3) is 0 Å². The van der Waals surface area contributed by atoms with Crippen LogP contribution in [0, 0.1) is 0 Å². The van der Waals surface area contributed by atoms with Crippen LogP contribution < -0.4 is 4.31 Å². The van der Waals surface area contributed by atoms with Crippen LogP contribution in [0.15, 0.2) is 30.3 Å². The molecule has 0 radical (unpaired) electrons. The molecule has 0 spiro atoms. The Balaban J connectivity index is 2.29. The fourth-order valence-electron chi connectivity index (χ4n) is 1.96. The molecule has 0 atom stereocenters.